The summed E-state index contributed by atoms with van der Waals surface area (Å²) in [4.78, 5) is 4.95. The molecule has 10 aromatic rings. The molecular weight excluding hydrogens is 749 g/mol. The third-order valence-electron chi connectivity index (χ3n) is 13.5. The highest BCUT2D eigenvalue weighted by Gasteiger charge is 2.44. The summed E-state index contributed by atoms with van der Waals surface area (Å²) in [6.45, 7) is 2.35. The number of nitrogens with zero attached hydrogens (tertiary/aromatic N) is 3. The molecule has 0 radical (unpaired) electrons. The van der Waals surface area contributed by atoms with E-state index in [9.17, 15) is 0 Å². The first-order chi connectivity index (χ1) is 30.7. The largest absolute Gasteiger partial charge is 0.375 e. The summed E-state index contributed by atoms with van der Waals surface area (Å²) < 4.78 is 2.67. The van der Waals surface area contributed by atoms with Gasteiger partial charge in [0.1, 0.15) is 0 Å². The Kier molecular flexibility index (Phi) is 8.71. The Bertz CT molecular complexity index is 3200. The van der Waals surface area contributed by atoms with Gasteiger partial charge in [0.05, 0.1) is 0 Å². The quantitative estimate of drug-likeness (QED) is 0.135. The maximum atomic E-state index is 2.67. The minimum absolute atomic E-state index is 0.0752. The number of aromatic nitrogens is 1. The van der Waals surface area contributed by atoms with E-state index in [1.165, 1.54) is 71.9 Å². The van der Waals surface area contributed by atoms with Crippen molar-refractivity contribution in [2.24, 2.45) is 0 Å². The Hall–Kier alpha value is -7.56. The van der Waals surface area contributed by atoms with Crippen LogP contribution in [0.2, 0.25) is 0 Å². The van der Waals surface area contributed by atoms with Gasteiger partial charge < -0.3 is 14.3 Å². The van der Waals surface area contributed by atoms with Gasteiger partial charge in [0.2, 0.25) is 0 Å². The van der Waals surface area contributed by atoms with Crippen molar-refractivity contribution >= 4 is 73.7 Å². The highest BCUT2D eigenvalue weighted by Crippen LogP contribution is 2.48. The third kappa shape index (κ3) is 5.82. The summed E-state index contributed by atoms with van der Waals surface area (Å²) in [5.74, 6) is 0.493. The molecule has 0 bridgehead atoms. The Labute approximate surface area is 363 Å². The van der Waals surface area contributed by atoms with Crippen LogP contribution in [0, 0.1) is 0 Å². The van der Waals surface area contributed by atoms with Crippen LogP contribution in [0.1, 0.15) is 35.4 Å². The lowest BCUT2D eigenvalue weighted by molar-refractivity contribution is 0.572. The molecule has 0 N–H and O–H groups in total. The van der Waals surface area contributed by atoms with Gasteiger partial charge in [0, 0.05) is 61.5 Å². The van der Waals surface area contributed by atoms with Crippen LogP contribution >= 0.6 is 0 Å². The lowest BCUT2D eigenvalue weighted by Gasteiger charge is -2.42. The molecule has 9 aromatic carbocycles. The molecule has 2 aliphatic rings. The first-order valence-corrected chi connectivity index (χ1v) is 21.9. The predicted molar refractivity (Wildman–Crippen MR) is 262 cm³/mol. The lowest BCUT2D eigenvalue weighted by Crippen LogP contribution is -2.56. The van der Waals surface area contributed by atoms with Crippen LogP contribution in [0.4, 0.5) is 34.1 Å². The van der Waals surface area contributed by atoms with Crippen molar-refractivity contribution in [2.75, 3.05) is 9.80 Å². The predicted octanol–water partition coefficient (Wildman–Crippen LogP) is 13.8. The van der Waals surface area contributed by atoms with Crippen LogP contribution in [0.5, 0.6) is 0 Å². The second-order valence-corrected chi connectivity index (χ2v) is 16.9. The van der Waals surface area contributed by atoms with Gasteiger partial charge in [0.15, 0.2) is 0 Å². The minimum atomic E-state index is -0.0752. The van der Waals surface area contributed by atoms with Crippen molar-refractivity contribution in [3.8, 4) is 11.1 Å². The molecule has 12 rings (SSSR count). The molecule has 0 fully saturated rings. The maximum Gasteiger partial charge on any atom is 0.333 e. The number of hydrogen-bond acceptors (Lipinski definition) is 2. The molecule has 3 heterocycles. The molecule has 0 aliphatic carbocycles. The molecule has 2 aliphatic heterocycles. The van der Waals surface area contributed by atoms with E-state index in [0.29, 0.717) is 0 Å². The minimum Gasteiger partial charge on any atom is -0.375 e. The first-order valence-electron chi connectivity index (χ1n) is 21.9. The highest BCUT2D eigenvalue weighted by molar-refractivity contribution is 6.90. The van der Waals surface area contributed by atoms with Gasteiger partial charge in [-0.3, -0.25) is 0 Å². The van der Waals surface area contributed by atoms with Crippen molar-refractivity contribution < 1.29 is 0 Å². The van der Waals surface area contributed by atoms with Crippen molar-refractivity contribution in [2.45, 2.75) is 25.2 Å². The van der Waals surface area contributed by atoms with E-state index in [0.717, 1.165) is 29.2 Å². The standard InChI is InChI=1S/C58H44BN3/c1-40(42-22-9-3-10-23-42)51(36-41-20-7-2-8-21-41)43-37-52-50-32-19-31-49-48-30-17-18-33-54(48)62(58(49)50)59-53-39-47(60(44-24-11-4-12-25-44)45-26-13-5-14-27-45)34-35-55(53)61(56(38-43)57(52)59)46-28-15-6-16-29-46/h2-35,37-40,51H,36H2,1H3. The molecule has 0 amide bonds. The average molecular weight is 794 g/mol. The van der Waals surface area contributed by atoms with Crippen LogP contribution in [0.15, 0.2) is 224 Å². The molecule has 2 unspecified atom stereocenters. The molecule has 0 spiro atoms. The van der Waals surface area contributed by atoms with E-state index < -0.39 is 0 Å². The van der Waals surface area contributed by atoms with Crippen LogP contribution in [0.3, 0.4) is 0 Å². The van der Waals surface area contributed by atoms with E-state index in [-0.39, 0.29) is 18.7 Å². The van der Waals surface area contributed by atoms with Crippen LogP contribution in [0.25, 0.3) is 32.9 Å². The number of hydrogen-bond donors (Lipinski definition) is 0. The smallest absolute Gasteiger partial charge is 0.333 e. The molecule has 0 saturated heterocycles. The third-order valence-corrected chi connectivity index (χ3v) is 13.5. The number of para-hydroxylation sites is 5. The van der Waals surface area contributed by atoms with Gasteiger partial charge in [-0.05, 0) is 118 Å². The van der Waals surface area contributed by atoms with E-state index in [4.69, 9.17) is 0 Å². The van der Waals surface area contributed by atoms with E-state index in [1.54, 1.807) is 0 Å². The number of fused-ring (bicyclic) bond motifs is 7. The molecule has 3 nitrogen and oxygen atoms in total. The van der Waals surface area contributed by atoms with E-state index in [1.807, 2.05) is 0 Å². The fourth-order valence-electron chi connectivity index (χ4n) is 10.7. The maximum absolute atomic E-state index is 2.67. The van der Waals surface area contributed by atoms with Crippen molar-refractivity contribution in [1.29, 1.82) is 0 Å². The normalized spacial score (nSPS) is 13.4. The van der Waals surface area contributed by atoms with Crippen molar-refractivity contribution in [1.82, 2.24) is 4.48 Å². The van der Waals surface area contributed by atoms with Gasteiger partial charge in [-0.1, -0.05) is 165 Å². The van der Waals surface area contributed by atoms with E-state index in [2.05, 4.69) is 246 Å². The van der Waals surface area contributed by atoms with Gasteiger partial charge in [-0.2, -0.15) is 0 Å². The molecule has 0 saturated carbocycles. The zero-order chi connectivity index (χ0) is 41.1. The number of benzene rings is 9. The second-order valence-electron chi connectivity index (χ2n) is 16.9. The molecular formula is C58H44BN3. The Morgan fingerprint density at radius 1 is 0.484 bits per heavy atom. The van der Waals surface area contributed by atoms with Gasteiger partial charge in [-0.15, -0.1) is 0 Å². The summed E-state index contributed by atoms with van der Waals surface area (Å²) in [6, 6.07) is 83.0. The molecule has 62 heavy (non-hydrogen) atoms. The molecule has 4 heteroatoms. The molecule has 294 valence electrons. The highest BCUT2D eigenvalue weighted by atomic mass is 15.2. The van der Waals surface area contributed by atoms with Crippen molar-refractivity contribution in [3.05, 3.63) is 241 Å². The summed E-state index contributed by atoms with van der Waals surface area (Å²) in [5, 5.41) is 2.59. The topological polar surface area (TPSA) is 11.4 Å². The number of anilines is 6. The van der Waals surface area contributed by atoms with Gasteiger partial charge >= 0.3 is 6.85 Å². The summed E-state index contributed by atoms with van der Waals surface area (Å²) in [5.41, 5.74) is 18.8. The molecule has 2 atom stereocenters. The van der Waals surface area contributed by atoms with Gasteiger partial charge in [-0.25, -0.2) is 0 Å². The zero-order valence-corrected chi connectivity index (χ0v) is 34.6. The van der Waals surface area contributed by atoms with Crippen molar-refractivity contribution in [3.63, 3.8) is 0 Å². The lowest BCUT2D eigenvalue weighted by atomic mass is 9.45. The fourth-order valence-corrected chi connectivity index (χ4v) is 10.7. The van der Waals surface area contributed by atoms with Crippen LogP contribution in [-0.4, -0.2) is 11.3 Å². The SMILES string of the molecule is CC(c1ccccc1)C(Cc1ccccc1)c1cc2c3c(c1)N(c1ccccc1)c1ccc(N(c4ccccc4)c4ccccc4)cc1B3n1c3ccccc3c3cccc-2c31. The second kappa shape index (κ2) is 14.9. The Morgan fingerprint density at radius 3 is 1.81 bits per heavy atom. The molecule has 1 aromatic heterocycles. The Morgan fingerprint density at radius 2 is 1.10 bits per heavy atom. The Balaban J connectivity index is 1.17. The monoisotopic (exact) mass is 793 g/mol. The summed E-state index contributed by atoms with van der Waals surface area (Å²) >= 11 is 0. The van der Waals surface area contributed by atoms with Crippen LogP contribution < -0.4 is 20.7 Å². The summed E-state index contributed by atoms with van der Waals surface area (Å²) in [6.07, 6.45) is 0.934. The average Bonchev–Trinajstić information content (AvgIpc) is 3.68. The number of rotatable bonds is 9. The summed E-state index contributed by atoms with van der Waals surface area (Å²) in [7, 11) is 0. The zero-order valence-electron chi connectivity index (χ0n) is 34.6. The van der Waals surface area contributed by atoms with E-state index >= 15 is 0 Å². The fraction of sp³-hybridized carbons (Fsp3) is 0.0690. The van der Waals surface area contributed by atoms with Gasteiger partial charge in [0.25, 0.3) is 0 Å². The van der Waals surface area contributed by atoms with Crippen LogP contribution in [-0.2, 0) is 6.42 Å². The first kappa shape index (κ1) is 36.3.